The molecule has 104 valence electrons. The molecule has 0 heterocycles. The van der Waals surface area contributed by atoms with Crippen molar-refractivity contribution in [2.24, 2.45) is 0 Å². The average molecular weight is 280 g/mol. The number of hydrogen-bond donors (Lipinski definition) is 0. The van der Waals surface area contributed by atoms with Crippen LogP contribution in [-0.4, -0.2) is 19.1 Å². The molecule has 20 heavy (non-hydrogen) atoms. The summed E-state index contributed by atoms with van der Waals surface area (Å²) in [5.41, 5.74) is 0.741. The summed E-state index contributed by atoms with van der Waals surface area (Å²) in [5.74, 6) is -1.32. The molecule has 0 aromatic heterocycles. The summed E-state index contributed by atoms with van der Waals surface area (Å²) in [4.78, 5) is 11.2. The molecular weight excluding hydrogens is 269 g/mol. The second-order valence-electron chi connectivity index (χ2n) is 4.11. The lowest BCUT2D eigenvalue weighted by Crippen LogP contribution is -2.22. The van der Waals surface area contributed by atoms with Crippen molar-refractivity contribution in [2.75, 3.05) is 7.11 Å². The minimum absolute atomic E-state index is 0.388. The summed E-state index contributed by atoms with van der Waals surface area (Å²) in [7, 11) is 1.48. The van der Waals surface area contributed by atoms with Crippen molar-refractivity contribution < 1.29 is 22.7 Å². The summed E-state index contributed by atoms with van der Waals surface area (Å²) in [6.07, 6.45) is -4.88. The van der Waals surface area contributed by atoms with E-state index in [0.29, 0.717) is 16.9 Å². The largest absolute Gasteiger partial charge is 0.496 e. The van der Waals surface area contributed by atoms with Crippen LogP contribution in [0.4, 0.5) is 13.2 Å². The molecule has 2 aromatic carbocycles. The van der Waals surface area contributed by atoms with Gasteiger partial charge in [0.15, 0.2) is 0 Å². The third-order valence-corrected chi connectivity index (χ3v) is 2.80. The fourth-order valence-corrected chi connectivity index (χ4v) is 1.87. The van der Waals surface area contributed by atoms with Crippen molar-refractivity contribution in [1.82, 2.24) is 0 Å². The number of halogens is 3. The van der Waals surface area contributed by atoms with Gasteiger partial charge in [-0.15, -0.1) is 0 Å². The van der Waals surface area contributed by atoms with E-state index in [1.807, 2.05) is 0 Å². The Morgan fingerprint density at radius 2 is 1.75 bits per heavy atom. The molecule has 0 amide bonds. The number of rotatable bonds is 3. The van der Waals surface area contributed by atoms with E-state index >= 15 is 0 Å². The van der Waals surface area contributed by atoms with Crippen LogP contribution >= 0.6 is 0 Å². The third kappa shape index (κ3) is 2.82. The monoisotopic (exact) mass is 280 g/mol. The molecule has 0 N–H and O–H groups in total. The van der Waals surface area contributed by atoms with Gasteiger partial charge in [0.25, 0.3) is 5.78 Å². The van der Waals surface area contributed by atoms with Crippen LogP contribution in [0.3, 0.4) is 0 Å². The second kappa shape index (κ2) is 5.36. The van der Waals surface area contributed by atoms with Gasteiger partial charge in [0.05, 0.1) is 7.11 Å². The molecule has 0 radical (unpaired) electrons. The number of methoxy groups -OCH3 is 1. The maximum absolute atomic E-state index is 12.4. The molecule has 2 nitrogen and oxygen atoms in total. The Morgan fingerprint density at radius 3 is 2.40 bits per heavy atom. The molecule has 0 saturated heterocycles. The number of benzene rings is 2. The van der Waals surface area contributed by atoms with Crippen molar-refractivity contribution >= 4 is 5.78 Å². The van der Waals surface area contributed by atoms with Gasteiger partial charge in [0.2, 0.25) is 0 Å². The first-order valence-electron chi connectivity index (χ1n) is 5.78. The summed E-state index contributed by atoms with van der Waals surface area (Å²) in [5, 5.41) is 0. The molecule has 2 rings (SSSR count). The number of ether oxygens (including phenoxy) is 1. The Labute approximate surface area is 113 Å². The molecule has 0 saturated carbocycles. The van der Waals surface area contributed by atoms with Gasteiger partial charge in [-0.05, 0) is 17.7 Å². The Morgan fingerprint density at radius 1 is 1.05 bits per heavy atom. The van der Waals surface area contributed by atoms with Crippen molar-refractivity contribution in [3.05, 3.63) is 54.1 Å². The zero-order chi connectivity index (χ0) is 14.8. The van der Waals surface area contributed by atoms with Gasteiger partial charge in [-0.1, -0.05) is 36.4 Å². The van der Waals surface area contributed by atoms with E-state index in [1.165, 1.54) is 19.2 Å². The second-order valence-corrected chi connectivity index (χ2v) is 4.11. The van der Waals surface area contributed by atoms with Crippen molar-refractivity contribution in [1.29, 1.82) is 0 Å². The van der Waals surface area contributed by atoms with Crippen molar-refractivity contribution in [3.63, 3.8) is 0 Å². The maximum Gasteiger partial charge on any atom is 0.454 e. The Bertz CT molecular complexity index is 633. The predicted octanol–water partition coefficient (Wildman–Crippen LogP) is 4.11. The molecule has 5 heteroatoms. The van der Waals surface area contributed by atoms with Crippen molar-refractivity contribution in [2.45, 2.75) is 6.18 Å². The van der Waals surface area contributed by atoms with Crippen LogP contribution in [0.25, 0.3) is 11.1 Å². The normalized spacial score (nSPS) is 11.2. The topological polar surface area (TPSA) is 26.3 Å². The number of carbonyl (C=O) groups is 1. The summed E-state index contributed by atoms with van der Waals surface area (Å²) < 4.78 is 42.5. The van der Waals surface area contributed by atoms with Gasteiger partial charge in [0, 0.05) is 11.1 Å². The summed E-state index contributed by atoms with van der Waals surface area (Å²) in [6.45, 7) is 0. The average Bonchev–Trinajstić information content (AvgIpc) is 2.45. The number of alkyl halides is 3. The zero-order valence-electron chi connectivity index (χ0n) is 10.6. The molecule has 0 aliphatic carbocycles. The smallest absolute Gasteiger partial charge is 0.454 e. The van der Waals surface area contributed by atoms with Gasteiger partial charge in [0.1, 0.15) is 5.75 Å². The lowest BCUT2D eigenvalue weighted by Gasteiger charge is -2.10. The number of carbonyl (C=O) groups excluding carboxylic acids is 1. The SMILES string of the molecule is COc1ccccc1-c1cccc(C(=O)C(F)(F)F)c1. The molecular formula is C15H11F3O2. The fraction of sp³-hybridized carbons (Fsp3) is 0.133. The molecule has 0 atom stereocenters. The molecule has 2 aromatic rings. The fourth-order valence-electron chi connectivity index (χ4n) is 1.87. The van der Waals surface area contributed by atoms with Crippen LogP contribution < -0.4 is 4.74 Å². The van der Waals surface area contributed by atoms with Gasteiger partial charge in [-0.25, -0.2) is 0 Å². The van der Waals surface area contributed by atoms with Crippen LogP contribution in [0, 0.1) is 0 Å². The number of para-hydroxylation sites is 1. The minimum atomic E-state index is -4.88. The number of Topliss-reactive ketones (excluding diaryl/α,β-unsaturated/α-hetero) is 1. The Balaban J connectivity index is 2.48. The summed E-state index contributed by atoms with van der Waals surface area (Å²) >= 11 is 0. The number of ketones is 1. The van der Waals surface area contributed by atoms with E-state index in [-0.39, 0.29) is 5.56 Å². The van der Waals surface area contributed by atoms with E-state index in [9.17, 15) is 18.0 Å². The van der Waals surface area contributed by atoms with E-state index in [2.05, 4.69) is 0 Å². The Kier molecular flexibility index (Phi) is 3.79. The first-order chi connectivity index (χ1) is 9.43. The molecule has 0 bridgehead atoms. The van der Waals surface area contributed by atoms with Crippen LogP contribution in [0.5, 0.6) is 5.75 Å². The van der Waals surface area contributed by atoms with Crippen LogP contribution in [0.2, 0.25) is 0 Å². The molecule has 0 unspecified atom stereocenters. The lowest BCUT2D eigenvalue weighted by molar-refractivity contribution is -0.0885. The zero-order valence-corrected chi connectivity index (χ0v) is 10.6. The van der Waals surface area contributed by atoms with Gasteiger partial charge < -0.3 is 4.74 Å². The van der Waals surface area contributed by atoms with Crippen LogP contribution in [0.1, 0.15) is 10.4 Å². The highest BCUT2D eigenvalue weighted by molar-refractivity contribution is 6.01. The predicted molar refractivity (Wildman–Crippen MR) is 68.8 cm³/mol. The van der Waals surface area contributed by atoms with Crippen molar-refractivity contribution in [3.8, 4) is 16.9 Å². The minimum Gasteiger partial charge on any atom is -0.496 e. The summed E-state index contributed by atoms with van der Waals surface area (Å²) in [6, 6.07) is 12.3. The van der Waals surface area contributed by atoms with Crippen LogP contribution in [0.15, 0.2) is 48.5 Å². The third-order valence-electron chi connectivity index (χ3n) is 2.80. The van der Waals surface area contributed by atoms with E-state index in [1.54, 1.807) is 30.3 Å². The standard InChI is InChI=1S/C15H11F3O2/c1-20-13-8-3-2-7-12(13)10-5-4-6-11(9-10)14(19)15(16,17)18/h2-9H,1H3. The van der Waals surface area contributed by atoms with Gasteiger partial charge in [-0.3, -0.25) is 4.79 Å². The quantitative estimate of drug-likeness (QED) is 0.791. The highest BCUT2D eigenvalue weighted by atomic mass is 19.4. The first-order valence-corrected chi connectivity index (χ1v) is 5.78. The van der Waals surface area contributed by atoms with Crippen LogP contribution in [-0.2, 0) is 0 Å². The molecule has 0 aliphatic heterocycles. The maximum atomic E-state index is 12.4. The lowest BCUT2D eigenvalue weighted by atomic mass is 10.0. The Hall–Kier alpha value is -2.30. The van der Waals surface area contributed by atoms with E-state index in [0.717, 1.165) is 6.07 Å². The van der Waals surface area contributed by atoms with Gasteiger partial charge >= 0.3 is 6.18 Å². The molecule has 0 spiro atoms. The van der Waals surface area contributed by atoms with Gasteiger partial charge in [-0.2, -0.15) is 13.2 Å². The number of hydrogen-bond acceptors (Lipinski definition) is 2. The highest BCUT2D eigenvalue weighted by Crippen LogP contribution is 2.31. The first kappa shape index (κ1) is 14.1. The highest BCUT2D eigenvalue weighted by Gasteiger charge is 2.39. The van der Waals surface area contributed by atoms with E-state index < -0.39 is 12.0 Å². The van der Waals surface area contributed by atoms with E-state index in [4.69, 9.17) is 4.74 Å². The molecule has 0 aliphatic rings. The molecule has 0 fully saturated rings.